The smallest absolute Gasteiger partial charge is 0.124 e. The molecule has 6 heteroatoms. The van der Waals surface area contributed by atoms with Gasteiger partial charge >= 0.3 is 0 Å². The summed E-state index contributed by atoms with van der Waals surface area (Å²) in [5.41, 5.74) is 12.2. The molecule has 0 bridgehead atoms. The normalized spacial score (nSPS) is 13.0. The Balaban J connectivity index is 1.72. The Morgan fingerprint density at radius 2 is 0.552 bits per heavy atom. The highest BCUT2D eigenvalue weighted by molar-refractivity contribution is 7.74. The third kappa shape index (κ3) is 8.57. The molecule has 0 heterocycles. The van der Waals surface area contributed by atoms with E-state index >= 15 is 0 Å². The second-order valence-corrected chi connectivity index (χ2v) is 20.4. The molecule has 0 saturated carbocycles. The molecule has 2 unspecified atom stereocenters. The molecule has 6 rings (SSSR count). The first-order chi connectivity index (χ1) is 27.8. The Morgan fingerprint density at radius 1 is 0.345 bits per heavy atom. The van der Waals surface area contributed by atoms with Crippen molar-refractivity contribution in [3.63, 3.8) is 0 Å². The van der Waals surface area contributed by atoms with E-state index in [1.54, 1.807) is 28.4 Å². The summed E-state index contributed by atoms with van der Waals surface area (Å²) >= 11 is 0. The number of rotatable bonds is 14. The Bertz CT molecular complexity index is 1990. The Labute approximate surface area is 350 Å². The minimum absolute atomic E-state index is 0.131. The van der Waals surface area contributed by atoms with Gasteiger partial charge in [-0.05, 0) is 203 Å². The van der Waals surface area contributed by atoms with E-state index in [0.29, 0.717) is 0 Å². The summed E-state index contributed by atoms with van der Waals surface area (Å²) < 4.78 is 23.8. The van der Waals surface area contributed by atoms with E-state index < -0.39 is 15.8 Å². The summed E-state index contributed by atoms with van der Waals surface area (Å²) in [6, 6.07) is 41.7. The van der Waals surface area contributed by atoms with E-state index in [1.807, 2.05) is 0 Å². The van der Waals surface area contributed by atoms with Crippen molar-refractivity contribution in [3.8, 4) is 23.0 Å². The highest BCUT2D eigenvalue weighted by Gasteiger charge is 2.41. The molecule has 6 aromatic carbocycles. The maximum atomic E-state index is 5.95. The Kier molecular flexibility index (Phi) is 13.7. The van der Waals surface area contributed by atoms with Gasteiger partial charge in [0.05, 0.1) is 28.4 Å². The first-order valence-corrected chi connectivity index (χ1v) is 22.9. The van der Waals surface area contributed by atoms with Crippen molar-refractivity contribution in [2.45, 2.75) is 73.6 Å². The van der Waals surface area contributed by atoms with E-state index in [2.05, 4.69) is 172 Å². The van der Waals surface area contributed by atoms with Gasteiger partial charge in [-0.15, -0.1) is 0 Å². The SMILES string of the molecule is COc1c(C)cc(P(c2cc(C)c(OC)c(C)c2)C(c2ccccc2)C(C)C(c2ccccc2)P(c2cc(C)c(OC)c(C)c2)c2cc(C)c(OC)c(C)c2)cc1C. The van der Waals surface area contributed by atoms with E-state index in [9.17, 15) is 0 Å². The van der Waals surface area contributed by atoms with E-state index in [-0.39, 0.29) is 17.2 Å². The molecule has 0 aliphatic carbocycles. The molecule has 4 nitrogen and oxygen atoms in total. The van der Waals surface area contributed by atoms with Gasteiger partial charge in [0.2, 0.25) is 0 Å². The number of aryl methyl sites for hydroxylation is 8. The van der Waals surface area contributed by atoms with Crippen molar-refractivity contribution in [2.24, 2.45) is 5.92 Å². The zero-order valence-corrected chi connectivity index (χ0v) is 38.4. The predicted molar refractivity (Wildman–Crippen MR) is 250 cm³/mol. The van der Waals surface area contributed by atoms with Gasteiger partial charge in [0.15, 0.2) is 0 Å². The van der Waals surface area contributed by atoms with E-state index in [1.165, 1.54) is 32.3 Å². The Hall–Kier alpha value is -4.62. The molecule has 0 spiro atoms. The van der Waals surface area contributed by atoms with Crippen LogP contribution in [0.1, 0.15) is 73.9 Å². The highest BCUT2D eigenvalue weighted by Crippen LogP contribution is 2.64. The molecular weight excluding hydrogens is 751 g/mol. The van der Waals surface area contributed by atoms with Crippen LogP contribution in [0.25, 0.3) is 0 Å². The standard InChI is InChI=1S/C52H60O4P2/c1-32-24-43(25-33(2)47(32)53-10)57(44-26-34(3)48(54-11)35(4)27-44)51(41-20-16-14-17-21-41)40(9)52(42-22-18-15-19-23-42)58(45-28-36(5)49(55-12)37(6)29-45)46-30-38(7)50(56-13)39(8)31-46/h14-31,40,51-52H,1-13H3. The average molecular weight is 811 g/mol. The van der Waals surface area contributed by atoms with Crippen molar-refractivity contribution < 1.29 is 18.9 Å². The van der Waals surface area contributed by atoms with Crippen LogP contribution >= 0.6 is 15.8 Å². The van der Waals surface area contributed by atoms with Gasteiger partial charge in [-0.2, -0.15) is 0 Å². The van der Waals surface area contributed by atoms with Gasteiger partial charge in [0.1, 0.15) is 23.0 Å². The maximum absolute atomic E-state index is 5.95. The molecule has 6 aromatic rings. The Morgan fingerprint density at radius 3 is 0.741 bits per heavy atom. The number of hydrogen-bond acceptors (Lipinski definition) is 4. The highest BCUT2D eigenvalue weighted by atomic mass is 31.1. The van der Waals surface area contributed by atoms with Crippen molar-refractivity contribution >= 4 is 37.1 Å². The largest absolute Gasteiger partial charge is 0.496 e. The van der Waals surface area contributed by atoms with Crippen LogP contribution in [0.4, 0.5) is 0 Å². The predicted octanol–water partition coefficient (Wildman–Crippen LogP) is 11.9. The molecule has 0 saturated heterocycles. The van der Waals surface area contributed by atoms with E-state index in [4.69, 9.17) is 18.9 Å². The molecule has 0 N–H and O–H groups in total. The maximum Gasteiger partial charge on any atom is 0.124 e. The summed E-state index contributed by atoms with van der Waals surface area (Å²) in [5, 5.41) is 5.38. The molecule has 0 amide bonds. The van der Waals surface area contributed by atoms with Gasteiger partial charge in [0.25, 0.3) is 0 Å². The topological polar surface area (TPSA) is 36.9 Å². The number of methoxy groups -OCH3 is 4. The lowest BCUT2D eigenvalue weighted by atomic mass is 9.93. The average Bonchev–Trinajstić information content (AvgIpc) is 3.18. The lowest BCUT2D eigenvalue weighted by Gasteiger charge is -2.42. The molecule has 0 aromatic heterocycles. The lowest BCUT2D eigenvalue weighted by molar-refractivity contribution is 0.408. The molecule has 58 heavy (non-hydrogen) atoms. The molecular formula is C52H60O4P2. The lowest BCUT2D eigenvalue weighted by Crippen LogP contribution is -2.29. The first kappa shape index (κ1) is 43.0. The molecule has 0 aliphatic rings. The first-order valence-electron chi connectivity index (χ1n) is 20.1. The summed E-state index contributed by atoms with van der Waals surface area (Å²) in [5.74, 6) is 3.97. The van der Waals surface area contributed by atoms with Crippen LogP contribution in [0.2, 0.25) is 0 Å². The number of ether oxygens (including phenoxy) is 4. The van der Waals surface area contributed by atoms with Crippen LogP contribution in [0.5, 0.6) is 23.0 Å². The monoisotopic (exact) mass is 810 g/mol. The zero-order valence-electron chi connectivity index (χ0n) is 36.7. The fourth-order valence-corrected chi connectivity index (χ4v) is 16.2. The molecule has 302 valence electrons. The minimum atomic E-state index is -0.996. The van der Waals surface area contributed by atoms with Gasteiger partial charge in [-0.25, -0.2) is 0 Å². The van der Waals surface area contributed by atoms with E-state index in [0.717, 1.165) is 67.5 Å². The number of benzene rings is 6. The molecule has 2 atom stereocenters. The second kappa shape index (κ2) is 18.5. The van der Waals surface area contributed by atoms with Crippen LogP contribution in [0.3, 0.4) is 0 Å². The van der Waals surface area contributed by atoms with Crippen molar-refractivity contribution in [1.29, 1.82) is 0 Å². The fraction of sp³-hybridized carbons (Fsp3) is 0.308. The van der Waals surface area contributed by atoms with Crippen LogP contribution in [0, 0.1) is 61.3 Å². The molecule has 0 aliphatic heterocycles. The minimum Gasteiger partial charge on any atom is -0.496 e. The summed E-state index contributed by atoms with van der Waals surface area (Å²) in [7, 11) is 5.12. The van der Waals surface area contributed by atoms with Gasteiger partial charge in [-0.3, -0.25) is 0 Å². The number of hydrogen-bond donors (Lipinski definition) is 0. The van der Waals surface area contributed by atoms with Crippen LogP contribution in [-0.2, 0) is 0 Å². The fourth-order valence-electron chi connectivity index (χ4n) is 9.34. The summed E-state index contributed by atoms with van der Waals surface area (Å²) in [6.45, 7) is 20.0. The van der Waals surface area contributed by atoms with Crippen LogP contribution in [0.15, 0.2) is 109 Å². The van der Waals surface area contributed by atoms with Crippen molar-refractivity contribution in [1.82, 2.24) is 0 Å². The van der Waals surface area contributed by atoms with Gasteiger partial charge in [0, 0.05) is 11.3 Å². The third-order valence-corrected chi connectivity index (χ3v) is 17.5. The zero-order chi connectivity index (χ0) is 41.8. The van der Waals surface area contributed by atoms with Gasteiger partial charge in [-0.1, -0.05) is 67.6 Å². The quantitative estimate of drug-likeness (QED) is 0.103. The van der Waals surface area contributed by atoms with Crippen LogP contribution in [-0.4, -0.2) is 28.4 Å². The van der Waals surface area contributed by atoms with Crippen molar-refractivity contribution in [2.75, 3.05) is 28.4 Å². The summed E-state index contributed by atoms with van der Waals surface area (Å²) in [6.07, 6.45) is 0. The van der Waals surface area contributed by atoms with Crippen LogP contribution < -0.4 is 40.2 Å². The third-order valence-electron chi connectivity index (χ3n) is 11.5. The molecule has 0 radical (unpaired) electrons. The second-order valence-electron chi connectivity index (χ2n) is 15.8. The summed E-state index contributed by atoms with van der Waals surface area (Å²) in [4.78, 5) is 0. The van der Waals surface area contributed by atoms with Gasteiger partial charge < -0.3 is 18.9 Å². The molecule has 0 fully saturated rings. The van der Waals surface area contributed by atoms with Crippen molar-refractivity contribution in [3.05, 3.63) is 165 Å².